The number of H-pyrrole nitrogens is 2. The SMILES string of the molecule is N#Cc1cc(-c2ccnc(-c3cn[nH]c3)c2)[nH]c1N1CCNCC1. The predicted molar refractivity (Wildman–Crippen MR) is 91.4 cm³/mol. The number of hydrogen-bond donors (Lipinski definition) is 3. The van der Waals surface area contributed by atoms with Crippen molar-refractivity contribution in [1.82, 2.24) is 25.5 Å². The first kappa shape index (κ1) is 14.5. The van der Waals surface area contributed by atoms with Crippen LogP contribution in [0.3, 0.4) is 0 Å². The number of nitrogens with one attached hydrogen (secondary N) is 3. The molecule has 7 heteroatoms. The first-order chi connectivity index (χ1) is 11.8. The number of piperazine rings is 1. The van der Waals surface area contributed by atoms with Crippen molar-refractivity contribution in [1.29, 1.82) is 5.26 Å². The summed E-state index contributed by atoms with van der Waals surface area (Å²) >= 11 is 0. The lowest BCUT2D eigenvalue weighted by Crippen LogP contribution is -2.44. The molecule has 0 unspecified atom stereocenters. The molecule has 1 fully saturated rings. The van der Waals surface area contributed by atoms with Gasteiger partial charge in [0.15, 0.2) is 0 Å². The molecule has 120 valence electrons. The van der Waals surface area contributed by atoms with Crippen molar-refractivity contribution in [2.45, 2.75) is 0 Å². The Hall–Kier alpha value is -3.11. The molecule has 0 atom stereocenters. The zero-order valence-corrected chi connectivity index (χ0v) is 13.1. The topological polar surface area (TPSA) is 96.4 Å². The maximum atomic E-state index is 9.48. The molecule has 3 aromatic rings. The third-order valence-corrected chi connectivity index (χ3v) is 4.22. The van der Waals surface area contributed by atoms with Gasteiger partial charge < -0.3 is 15.2 Å². The fourth-order valence-corrected chi connectivity index (χ4v) is 2.97. The number of hydrogen-bond acceptors (Lipinski definition) is 5. The highest BCUT2D eigenvalue weighted by Crippen LogP contribution is 2.29. The molecular formula is C17H17N7. The second-order valence-electron chi connectivity index (χ2n) is 5.71. The lowest BCUT2D eigenvalue weighted by molar-refractivity contribution is 0.585. The van der Waals surface area contributed by atoms with E-state index in [4.69, 9.17) is 0 Å². The summed E-state index contributed by atoms with van der Waals surface area (Å²) < 4.78 is 0. The van der Waals surface area contributed by atoms with Gasteiger partial charge in [0.2, 0.25) is 0 Å². The van der Waals surface area contributed by atoms with Gasteiger partial charge in [-0.15, -0.1) is 0 Å². The van der Waals surface area contributed by atoms with Gasteiger partial charge in [0.25, 0.3) is 0 Å². The minimum Gasteiger partial charge on any atom is -0.355 e. The molecule has 3 aromatic heterocycles. The molecule has 1 aliphatic heterocycles. The Morgan fingerprint density at radius 1 is 1.17 bits per heavy atom. The van der Waals surface area contributed by atoms with Crippen LogP contribution >= 0.6 is 0 Å². The molecule has 0 bridgehead atoms. The molecule has 3 N–H and O–H groups in total. The Labute approximate surface area is 139 Å². The van der Waals surface area contributed by atoms with Crippen LogP contribution in [-0.4, -0.2) is 46.3 Å². The minimum absolute atomic E-state index is 0.675. The minimum atomic E-state index is 0.675. The van der Waals surface area contributed by atoms with Crippen molar-refractivity contribution in [3.63, 3.8) is 0 Å². The molecule has 4 rings (SSSR count). The molecule has 0 aliphatic carbocycles. The molecule has 1 aliphatic rings. The summed E-state index contributed by atoms with van der Waals surface area (Å²) in [6, 6.07) is 8.15. The van der Waals surface area contributed by atoms with Gasteiger partial charge in [-0.2, -0.15) is 10.4 Å². The molecule has 24 heavy (non-hydrogen) atoms. The van der Waals surface area contributed by atoms with E-state index in [1.165, 1.54) is 0 Å². The summed E-state index contributed by atoms with van der Waals surface area (Å²) in [5.41, 5.74) is 4.38. The van der Waals surface area contributed by atoms with E-state index in [-0.39, 0.29) is 0 Å². The van der Waals surface area contributed by atoms with Crippen LogP contribution in [0, 0.1) is 11.3 Å². The van der Waals surface area contributed by atoms with Crippen LogP contribution in [0.15, 0.2) is 36.8 Å². The van der Waals surface area contributed by atoms with Gasteiger partial charge in [0.1, 0.15) is 11.9 Å². The summed E-state index contributed by atoms with van der Waals surface area (Å²) in [7, 11) is 0. The number of pyridine rings is 1. The molecule has 4 heterocycles. The second kappa shape index (κ2) is 6.18. The fraction of sp³-hybridized carbons (Fsp3) is 0.235. The molecule has 0 spiro atoms. The van der Waals surface area contributed by atoms with E-state index in [0.717, 1.165) is 54.5 Å². The maximum Gasteiger partial charge on any atom is 0.124 e. The average Bonchev–Trinajstić information content (AvgIpc) is 3.32. The number of nitrogens with zero attached hydrogens (tertiary/aromatic N) is 4. The van der Waals surface area contributed by atoms with Crippen molar-refractivity contribution in [3.8, 4) is 28.6 Å². The monoisotopic (exact) mass is 319 g/mol. The average molecular weight is 319 g/mol. The number of rotatable bonds is 3. The number of aromatic amines is 2. The van der Waals surface area contributed by atoms with E-state index in [0.29, 0.717) is 5.56 Å². The highest BCUT2D eigenvalue weighted by atomic mass is 15.2. The Balaban J connectivity index is 1.71. The van der Waals surface area contributed by atoms with E-state index in [1.54, 1.807) is 12.4 Å². The molecule has 0 aromatic carbocycles. The van der Waals surface area contributed by atoms with Gasteiger partial charge in [0, 0.05) is 55.4 Å². The maximum absolute atomic E-state index is 9.48. The Morgan fingerprint density at radius 3 is 2.79 bits per heavy atom. The van der Waals surface area contributed by atoms with Crippen LogP contribution in [0.2, 0.25) is 0 Å². The predicted octanol–water partition coefficient (Wildman–Crippen LogP) is 1.75. The number of nitriles is 1. The summed E-state index contributed by atoms with van der Waals surface area (Å²) in [5.74, 6) is 0.899. The van der Waals surface area contributed by atoms with E-state index in [2.05, 4.69) is 36.5 Å². The quantitative estimate of drug-likeness (QED) is 0.683. The Kier molecular flexibility index (Phi) is 3.73. The van der Waals surface area contributed by atoms with Crippen LogP contribution in [0.5, 0.6) is 0 Å². The number of aromatic nitrogens is 4. The fourth-order valence-electron chi connectivity index (χ4n) is 2.97. The van der Waals surface area contributed by atoms with Crippen LogP contribution in [-0.2, 0) is 0 Å². The van der Waals surface area contributed by atoms with Gasteiger partial charge in [0.05, 0.1) is 17.5 Å². The summed E-state index contributed by atoms with van der Waals surface area (Å²) in [6.07, 6.45) is 5.33. The highest BCUT2D eigenvalue weighted by Gasteiger charge is 2.18. The standard InChI is InChI=1S/C17H17N7/c18-9-13-8-16(23-17(13)24-5-3-19-4-6-24)12-1-2-20-15(7-12)14-10-21-22-11-14/h1-2,7-8,10-11,19,23H,3-6H2,(H,21,22). The van der Waals surface area contributed by atoms with Crippen molar-refractivity contribution in [3.05, 3.63) is 42.4 Å². The number of anilines is 1. The first-order valence-corrected chi connectivity index (χ1v) is 7.89. The van der Waals surface area contributed by atoms with Crippen molar-refractivity contribution in [2.75, 3.05) is 31.1 Å². The van der Waals surface area contributed by atoms with Gasteiger partial charge in [-0.05, 0) is 18.2 Å². The van der Waals surface area contributed by atoms with Gasteiger partial charge >= 0.3 is 0 Å². The lowest BCUT2D eigenvalue weighted by atomic mass is 10.1. The smallest absolute Gasteiger partial charge is 0.124 e. The van der Waals surface area contributed by atoms with Gasteiger partial charge in [-0.1, -0.05) is 0 Å². The van der Waals surface area contributed by atoms with E-state index in [9.17, 15) is 5.26 Å². The first-order valence-electron chi connectivity index (χ1n) is 7.89. The second-order valence-corrected chi connectivity index (χ2v) is 5.71. The molecular weight excluding hydrogens is 302 g/mol. The van der Waals surface area contributed by atoms with Crippen LogP contribution in [0.4, 0.5) is 5.82 Å². The van der Waals surface area contributed by atoms with E-state index in [1.807, 2.05) is 24.4 Å². The van der Waals surface area contributed by atoms with Crippen molar-refractivity contribution >= 4 is 5.82 Å². The van der Waals surface area contributed by atoms with Crippen molar-refractivity contribution < 1.29 is 0 Å². The summed E-state index contributed by atoms with van der Waals surface area (Å²) in [6.45, 7) is 3.65. The Morgan fingerprint density at radius 2 is 2.04 bits per heavy atom. The summed E-state index contributed by atoms with van der Waals surface area (Å²) in [5, 5.41) is 19.6. The van der Waals surface area contributed by atoms with E-state index < -0.39 is 0 Å². The van der Waals surface area contributed by atoms with Gasteiger partial charge in [-0.25, -0.2) is 0 Å². The van der Waals surface area contributed by atoms with Gasteiger partial charge in [-0.3, -0.25) is 10.1 Å². The highest BCUT2D eigenvalue weighted by molar-refractivity contribution is 5.72. The van der Waals surface area contributed by atoms with Crippen LogP contribution in [0.25, 0.3) is 22.5 Å². The van der Waals surface area contributed by atoms with E-state index >= 15 is 0 Å². The van der Waals surface area contributed by atoms with Crippen LogP contribution < -0.4 is 10.2 Å². The third-order valence-electron chi connectivity index (χ3n) is 4.22. The zero-order valence-electron chi connectivity index (χ0n) is 13.1. The molecule has 0 radical (unpaired) electrons. The normalized spacial score (nSPS) is 14.5. The lowest BCUT2D eigenvalue weighted by Gasteiger charge is -2.28. The third kappa shape index (κ3) is 2.64. The van der Waals surface area contributed by atoms with Crippen LogP contribution in [0.1, 0.15) is 5.56 Å². The summed E-state index contributed by atoms with van der Waals surface area (Å²) in [4.78, 5) is 10.0. The molecule has 1 saturated heterocycles. The Bertz CT molecular complexity index is 867. The molecule has 0 saturated carbocycles. The van der Waals surface area contributed by atoms with Crippen molar-refractivity contribution in [2.24, 2.45) is 0 Å². The molecule has 0 amide bonds. The largest absolute Gasteiger partial charge is 0.355 e. The molecule has 7 nitrogen and oxygen atoms in total. The zero-order chi connectivity index (χ0) is 16.4.